The monoisotopic (exact) mass is 291 g/mol. The van der Waals surface area contributed by atoms with Gasteiger partial charge in [-0.15, -0.1) is 37.0 Å². The quantitative estimate of drug-likeness (QED) is 0.597. The Morgan fingerprint density at radius 3 is 2.44 bits per heavy atom. The average molecular weight is 292 g/mol. The van der Waals surface area contributed by atoms with E-state index in [1.54, 1.807) is 7.11 Å². The molecule has 0 aromatic heterocycles. The normalized spacial score (nSPS) is 11.7. The Morgan fingerprint density at radius 1 is 1.19 bits per heavy atom. The van der Waals surface area contributed by atoms with E-state index in [1.165, 1.54) is 0 Å². The molecule has 4 heteroatoms. The molecule has 1 aliphatic carbocycles. The van der Waals surface area contributed by atoms with Crippen LogP contribution in [-0.4, -0.2) is 7.11 Å². The molecule has 1 aliphatic rings. The van der Waals surface area contributed by atoms with Crippen molar-refractivity contribution in [3.8, 4) is 5.75 Å². The van der Waals surface area contributed by atoms with Gasteiger partial charge >= 0.3 is 0 Å². The fraction of sp³-hybridized carbons (Fsp3) is 0.167. The van der Waals surface area contributed by atoms with Crippen LogP contribution in [0.25, 0.3) is 5.57 Å². The van der Waals surface area contributed by atoms with E-state index in [9.17, 15) is 0 Å². The van der Waals surface area contributed by atoms with Gasteiger partial charge in [0.1, 0.15) is 0 Å². The molecule has 86 valence electrons. The van der Waals surface area contributed by atoms with Crippen LogP contribution in [0.3, 0.4) is 0 Å². The Labute approximate surface area is 124 Å². The van der Waals surface area contributed by atoms with Gasteiger partial charge in [0.2, 0.25) is 0 Å². The van der Waals surface area contributed by atoms with Crippen LogP contribution in [0.2, 0.25) is 0 Å². The fourth-order valence-electron chi connectivity index (χ4n) is 1.46. The molecule has 0 heterocycles. The van der Waals surface area contributed by atoms with E-state index in [-0.39, 0.29) is 46.5 Å². The van der Waals surface area contributed by atoms with Gasteiger partial charge in [-0.1, -0.05) is 24.1 Å². The second-order valence-corrected chi connectivity index (χ2v) is 2.90. The van der Waals surface area contributed by atoms with E-state index in [1.807, 2.05) is 18.2 Å². The number of hydrogen-bond donors (Lipinski definition) is 0. The first-order chi connectivity index (χ1) is 6.42. The third-order valence-electron chi connectivity index (χ3n) is 2.09. The summed E-state index contributed by atoms with van der Waals surface area (Å²) in [5.74, 6) is 0.913. The van der Waals surface area contributed by atoms with Crippen LogP contribution in [0, 0.1) is 6.08 Å². The molecule has 0 spiro atoms. The van der Waals surface area contributed by atoms with Crippen molar-refractivity contribution in [3.63, 3.8) is 0 Å². The topological polar surface area (TPSA) is 9.23 Å². The summed E-state index contributed by atoms with van der Waals surface area (Å²) in [6.07, 6.45) is 8.36. The van der Waals surface area contributed by atoms with Crippen molar-refractivity contribution in [1.29, 1.82) is 0 Å². The maximum Gasteiger partial charge on any atom is 0.0759 e. The average Bonchev–Trinajstić information content (AvgIpc) is 2.70. The smallest absolute Gasteiger partial charge is 0.0759 e. The molecule has 2 rings (SSSR count). The minimum atomic E-state index is 0. The molecule has 0 atom stereocenters. The molecule has 0 saturated carbocycles. The van der Waals surface area contributed by atoms with Crippen LogP contribution in [-0.2, 0) is 21.7 Å². The molecule has 0 radical (unpaired) electrons. The van der Waals surface area contributed by atoms with Crippen LogP contribution in [0.4, 0.5) is 0 Å². The standard InChI is InChI=1S/C12H11O.2ClH.Ti/c1-13-12-9-5-4-8-11(12)10-6-2-3-7-10;;;/h2,4-6,8-9H,3H2,1H3;2*1H;/q-1;;;. The number of halogens is 2. The number of para-hydroxylation sites is 1. The van der Waals surface area contributed by atoms with Crippen molar-refractivity contribution in [2.45, 2.75) is 6.42 Å². The van der Waals surface area contributed by atoms with Gasteiger partial charge in [-0.05, 0) is 6.07 Å². The van der Waals surface area contributed by atoms with E-state index in [0.29, 0.717) is 0 Å². The summed E-state index contributed by atoms with van der Waals surface area (Å²) in [6, 6.07) is 8.01. The first-order valence-electron chi connectivity index (χ1n) is 4.32. The Hall–Kier alpha value is -0.206. The van der Waals surface area contributed by atoms with Crippen molar-refractivity contribution in [3.05, 3.63) is 48.1 Å². The Kier molecular flexibility index (Phi) is 10.1. The summed E-state index contributed by atoms with van der Waals surface area (Å²) in [5.41, 5.74) is 2.26. The Bertz CT molecular complexity index is 375. The molecule has 0 amide bonds. The summed E-state index contributed by atoms with van der Waals surface area (Å²) < 4.78 is 5.26. The van der Waals surface area contributed by atoms with E-state index >= 15 is 0 Å². The maximum absolute atomic E-state index is 5.26. The Balaban J connectivity index is 0. The van der Waals surface area contributed by atoms with Crippen LogP contribution < -0.4 is 4.74 Å². The van der Waals surface area contributed by atoms with E-state index in [2.05, 4.69) is 24.3 Å². The van der Waals surface area contributed by atoms with Gasteiger partial charge in [0.05, 0.1) is 12.9 Å². The second kappa shape index (κ2) is 8.89. The van der Waals surface area contributed by atoms with Crippen molar-refractivity contribution in [2.24, 2.45) is 0 Å². The molecule has 1 aromatic carbocycles. The third-order valence-corrected chi connectivity index (χ3v) is 2.09. The molecule has 0 N–H and O–H groups in total. The second-order valence-electron chi connectivity index (χ2n) is 2.90. The minimum Gasteiger partial charge on any atom is -0.509 e. The third kappa shape index (κ3) is 3.99. The van der Waals surface area contributed by atoms with Gasteiger partial charge in [-0.3, -0.25) is 0 Å². The zero-order valence-electron chi connectivity index (χ0n) is 8.90. The van der Waals surface area contributed by atoms with Gasteiger partial charge in [0.15, 0.2) is 0 Å². The maximum atomic E-state index is 5.26. The zero-order valence-corrected chi connectivity index (χ0v) is 12.1. The van der Waals surface area contributed by atoms with Crippen LogP contribution in [0.15, 0.2) is 36.4 Å². The summed E-state index contributed by atoms with van der Waals surface area (Å²) in [6.45, 7) is 0. The van der Waals surface area contributed by atoms with Crippen LogP contribution in [0.5, 0.6) is 5.75 Å². The molecule has 0 fully saturated rings. The molecule has 16 heavy (non-hydrogen) atoms. The van der Waals surface area contributed by atoms with Crippen molar-refractivity contribution in [2.75, 3.05) is 7.11 Å². The first-order valence-corrected chi connectivity index (χ1v) is 4.32. The SMILES string of the molecule is COc1ccccc1C1=[C-]CC=C1.Cl.Cl.[Ti]. The summed E-state index contributed by atoms with van der Waals surface area (Å²) in [4.78, 5) is 0. The van der Waals surface area contributed by atoms with Gasteiger partial charge in [-0.25, -0.2) is 0 Å². The van der Waals surface area contributed by atoms with E-state index in [0.717, 1.165) is 23.3 Å². The van der Waals surface area contributed by atoms with Crippen molar-refractivity contribution >= 4 is 30.4 Å². The number of allylic oxidation sites excluding steroid dienone is 4. The van der Waals surface area contributed by atoms with Crippen molar-refractivity contribution < 1.29 is 26.5 Å². The van der Waals surface area contributed by atoms with Gasteiger partial charge in [0.25, 0.3) is 0 Å². The molecule has 0 saturated heterocycles. The molecule has 0 unspecified atom stereocenters. The van der Waals surface area contributed by atoms with Crippen molar-refractivity contribution in [1.82, 2.24) is 0 Å². The van der Waals surface area contributed by atoms with Gasteiger partial charge in [-0.2, -0.15) is 17.7 Å². The van der Waals surface area contributed by atoms with Gasteiger partial charge < -0.3 is 4.74 Å². The number of methoxy groups -OCH3 is 1. The molecule has 1 nitrogen and oxygen atoms in total. The molecular formula is C12H13Cl2OTi-. The molecule has 1 aromatic rings. The summed E-state index contributed by atoms with van der Waals surface area (Å²) in [5, 5.41) is 0. The number of hydrogen-bond acceptors (Lipinski definition) is 1. The van der Waals surface area contributed by atoms with E-state index < -0.39 is 0 Å². The van der Waals surface area contributed by atoms with Crippen LogP contribution >= 0.6 is 24.8 Å². The number of rotatable bonds is 2. The minimum absolute atomic E-state index is 0. The molecule has 0 aliphatic heterocycles. The predicted octanol–water partition coefficient (Wildman–Crippen LogP) is 3.68. The first kappa shape index (κ1) is 18.2. The fourth-order valence-corrected chi connectivity index (χ4v) is 1.46. The summed E-state index contributed by atoms with van der Waals surface area (Å²) in [7, 11) is 1.69. The predicted molar refractivity (Wildman–Crippen MR) is 67.9 cm³/mol. The van der Waals surface area contributed by atoms with Crippen LogP contribution in [0.1, 0.15) is 12.0 Å². The number of benzene rings is 1. The Morgan fingerprint density at radius 2 is 1.88 bits per heavy atom. The van der Waals surface area contributed by atoms with E-state index in [4.69, 9.17) is 4.74 Å². The molecule has 0 bridgehead atoms. The zero-order chi connectivity index (χ0) is 9.10. The molecular weight excluding hydrogens is 279 g/mol. The summed E-state index contributed by atoms with van der Waals surface area (Å²) >= 11 is 0. The largest absolute Gasteiger partial charge is 0.509 e. The number of ether oxygens (including phenoxy) is 1. The van der Waals surface area contributed by atoms with Gasteiger partial charge in [0, 0.05) is 21.7 Å².